The van der Waals surface area contributed by atoms with Crippen molar-refractivity contribution in [2.75, 3.05) is 14.2 Å². The van der Waals surface area contributed by atoms with Gasteiger partial charge in [0.2, 0.25) is 0 Å². The van der Waals surface area contributed by atoms with Gasteiger partial charge >= 0.3 is 0 Å². The zero-order valence-corrected chi connectivity index (χ0v) is 22.1. The maximum atomic E-state index is 8.70. The van der Waals surface area contributed by atoms with Gasteiger partial charge in [-0.15, -0.1) is 29.7 Å². The molecule has 7 heteroatoms. The van der Waals surface area contributed by atoms with Crippen molar-refractivity contribution in [3.8, 4) is 11.3 Å². The molecule has 2 atom stereocenters. The molecule has 0 bridgehead atoms. The average Bonchev–Trinajstić information content (AvgIpc) is 2.88. The van der Waals surface area contributed by atoms with Gasteiger partial charge in [-0.3, -0.25) is 4.98 Å². The van der Waals surface area contributed by atoms with Gasteiger partial charge in [0, 0.05) is 58.0 Å². The summed E-state index contributed by atoms with van der Waals surface area (Å²) in [5.41, 5.74) is 5.05. The van der Waals surface area contributed by atoms with Gasteiger partial charge in [-0.2, -0.15) is 0 Å². The first-order valence-electron chi connectivity index (χ1n) is 11.0. The van der Waals surface area contributed by atoms with E-state index in [1.165, 1.54) is 30.6 Å². The Hall–Kier alpha value is -2.77. The van der Waals surface area contributed by atoms with E-state index in [1.54, 1.807) is 0 Å². The molecule has 0 saturated heterocycles. The maximum Gasteiger partial charge on any atom is 0.158 e. The second kappa shape index (κ2) is 12.3. The van der Waals surface area contributed by atoms with Crippen LogP contribution < -0.4 is 0 Å². The van der Waals surface area contributed by atoms with Crippen LogP contribution >= 0.6 is 0 Å². The summed E-state index contributed by atoms with van der Waals surface area (Å²) in [4.78, 5) is 9.75. The van der Waals surface area contributed by atoms with Gasteiger partial charge in [0.1, 0.15) is 0 Å². The van der Waals surface area contributed by atoms with E-state index < -0.39 is 12.6 Å². The van der Waals surface area contributed by atoms with E-state index in [0.717, 1.165) is 33.1 Å². The van der Waals surface area contributed by atoms with Crippen LogP contribution in [0.25, 0.3) is 43.8 Å². The molecular formula is C28H27IrN2O4-. The Morgan fingerprint density at radius 3 is 2.23 bits per heavy atom. The van der Waals surface area contributed by atoms with Crippen molar-refractivity contribution in [3.05, 3.63) is 84.6 Å². The molecule has 5 aromatic rings. The Morgan fingerprint density at radius 2 is 1.54 bits per heavy atom. The minimum atomic E-state index is -0.944. The van der Waals surface area contributed by atoms with E-state index in [4.69, 9.17) is 20.2 Å². The molecule has 4 aromatic carbocycles. The van der Waals surface area contributed by atoms with E-state index >= 15 is 0 Å². The van der Waals surface area contributed by atoms with Gasteiger partial charge in [-0.1, -0.05) is 58.8 Å². The minimum absolute atomic E-state index is 0. The topological polar surface area (TPSA) is 84.7 Å². The van der Waals surface area contributed by atoms with Gasteiger partial charge in [0.05, 0.1) is 11.2 Å². The summed E-state index contributed by atoms with van der Waals surface area (Å²) in [6.45, 7) is 2.09. The van der Waals surface area contributed by atoms with Crippen LogP contribution in [0.1, 0.15) is 12.0 Å². The van der Waals surface area contributed by atoms with Crippen molar-refractivity contribution < 1.29 is 39.8 Å². The molecule has 2 N–H and O–H groups in total. The molecule has 0 fully saturated rings. The Balaban J connectivity index is 0.000000297. The average molecular weight is 648 g/mol. The smallest absolute Gasteiger partial charge is 0.158 e. The van der Waals surface area contributed by atoms with Crippen LogP contribution in [0.15, 0.2) is 72.9 Å². The molecule has 0 spiro atoms. The molecule has 6 nitrogen and oxygen atoms in total. The second-order valence-electron chi connectivity index (χ2n) is 7.94. The number of hydrogen-bond acceptors (Lipinski definition) is 6. The number of ether oxygens (including phenoxy) is 2. The SMILES string of the molecule is COC(O)CC(O)OC.Cc1cccc(-c2cnc3c4[c-]cccc4c4ccccc4c3n2)c1.[Ir]. The van der Waals surface area contributed by atoms with Gasteiger partial charge in [0.25, 0.3) is 0 Å². The zero-order chi connectivity index (χ0) is 24.1. The summed E-state index contributed by atoms with van der Waals surface area (Å²) in [5, 5.41) is 21.9. The third-order valence-corrected chi connectivity index (χ3v) is 5.60. The number of benzene rings is 4. The molecule has 2 unspecified atom stereocenters. The fourth-order valence-corrected chi connectivity index (χ4v) is 3.85. The summed E-state index contributed by atoms with van der Waals surface area (Å²) in [6.07, 6.45) is 0.0546. The Bertz CT molecular complexity index is 1380. The molecule has 5 rings (SSSR count). The molecule has 0 amide bonds. The van der Waals surface area contributed by atoms with Crippen molar-refractivity contribution >= 4 is 32.6 Å². The summed E-state index contributed by atoms with van der Waals surface area (Å²) < 4.78 is 8.88. The summed E-state index contributed by atoms with van der Waals surface area (Å²) in [6, 6.07) is 26.2. The van der Waals surface area contributed by atoms with Crippen LogP contribution in [-0.4, -0.2) is 47.0 Å². The molecule has 1 radical (unpaired) electrons. The third-order valence-electron chi connectivity index (χ3n) is 5.60. The number of aromatic nitrogens is 2. The van der Waals surface area contributed by atoms with Crippen molar-refractivity contribution in [3.63, 3.8) is 0 Å². The summed E-state index contributed by atoms with van der Waals surface area (Å²) >= 11 is 0. The monoisotopic (exact) mass is 648 g/mol. The van der Waals surface area contributed by atoms with E-state index in [2.05, 4.69) is 77.1 Å². The summed E-state index contributed by atoms with van der Waals surface area (Å²) in [7, 11) is 2.71. The first-order valence-corrected chi connectivity index (χ1v) is 11.0. The first-order chi connectivity index (χ1) is 16.5. The third kappa shape index (κ3) is 6.08. The number of aryl methyl sites for hydroxylation is 1. The zero-order valence-electron chi connectivity index (χ0n) is 19.7. The second-order valence-corrected chi connectivity index (χ2v) is 7.94. The normalized spacial score (nSPS) is 12.6. The van der Waals surface area contributed by atoms with Crippen LogP contribution in [0.4, 0.5) is 0 Å². The number of nitrogens with zero attached hydrogens (tertiary/aromatic N) is 2. The fourth-order valence-electron chi connectivity index (χ4n) is 3.85. The van der Waals surface area contributed by atoms with E-state index in [-0.39, 0.29) is 26.5 Å². The molecule has 0 saturated carbocycles. The molecule has 35 heavy (non-hydrogen) atoms. The van der Waals surface area contributed by atoms with Gasteiger partial charge < -0.3 is 24.7 Å². The number of aliphatic hydroxyl groups excluding tert-OH is 2. The first kappa shape index (κ1) is 26.8. The molecular weight excluding hydrogens is 621 g/mol. The largest absolute Gasteiger partial charge is 0.368 e. The molecule has 1 heterocycles. The van der Waals surface area contributed by atoms with Gasteiger partial charge in [-0.05, 0) is 18.4 Å². The van der Waals surface area contributed by atoms with E-state index in [9.17, 15) is 0 Å². The number of hydrogen-bond donors (Lipinski definition) is 2. The predicted octanol–water partition coefficient (Wildman–Crippen LogP) is 5.02. The van der Waals surface area contributed by atoms with Crippen molar-refractivity contribution in [2.45, 2.75) is 25.9 Å². The van der Waals surface area contributed by atoms with Crippen LogP contribution in [0.2, 0.25) is 0 Å². The molecule has 0 aliphatic rings. The van der Waals surface area contributed by atoms with Crippen molar-refractivity contribution in [1.29, 1.82) is 0 Å². The molecule has 183 valence electrons. The number of fused-ring (bicyclic) bond motifs is 6. The Kier molecular flexibility index (Phi) is 9.40. The Morgan fingerprint density at radius 1 is 0.857 bits per heavy atom. The number of rotatable bonds is 5. The van der Waals surface area contributed by atoms with Crippen molar-refractivity contribution in [2.24, 2.45) is 0 Å². The maximum absolute atomic E-state index is 8.70. The fraction of sp³-hybridized carbons (Fsp3) is 0.214. The van der Waals surface area contributed by atoms with Gasteiger partial charge in [-0.25, -0.2) is 0 Å². The quantitative estimate of drug-likeness (QED) is 0.159. The van der Waals surface area contributed by atoms with E-state index in [0.29, 0.717) is 0 Å². The number of aliphatic hydroxyl groups is 2. The Labute approximate surface area is 217 Å². The molecule has 0 aliphatic carbocycles. The summed E-state index contributed by atoms with van der Waals surface area (Å²) in [5.74, 6) is 0. The standard InChI is InChI=1S/C23H15N2.C5H12O4.Ir/c1-15-7-6-8-16(13-15)21-14-24-22-19-11-4-2-9-17(19)18-10-3-5-12-20(18)23(22)25-21;1-8-4(6)3-5(7)9-2;/h2-10,12-14H,1H3;4-7H,3H2,1-2H3;/q-1;;. The van der Waals surface area contributed by atoms with Crippen LogP contribution in [0.5, 0.6) is 0 Å². The number of methoxy groups -OCH3 is 2. The van der Waals surface area contributed by atoms with Crippen LogP contribution in [0, 0.1) is 13.0 Å². The van der Waals surface area contributed by atoms with E-state index in [1.807, 2.05) is 18.3 Å². The van der Waals surface area contributed by atoms with Crippen LogP contribution in [0.3, 0.4) is 0 Å². The molecule has 0 aliphatic heterocycles. The van der Waals surface area contributed by atoms with Crippen LogP contribution in [-0.2, 0) is 29.6 Å². The predicted molar refractivity (Wildman–Crippen MR) is 134 cm³/mol. The minimum Gasteiger partial charge on any atom is -0.368 e. The van der Waals surface area contributed by atoms with Gasteiger partial charge in [0.15, 0.2) is 12.6 Å². The van der Waals surface area contributed by atoms with Crippen molar-refractivity contribution in [1.82, 2.24) is 9.97 Å². The molecule has 1 aromatic heterocycles.